The van der Waals surface area contributed by atoms with Crippen LogP contribution in [0.1, 0.15) is 0 Å². The maximum absolute atomic E-state index is 10.2. The molecule has 0 saturated heterocycles. The van der Waals surface area contributed by atoms with E-state index < -0.39 is 0 Å². The molecule has 0 heterocycles. The molecule has 0 aliphatic rings. The Labute approximate surface area is 42.2 Å². The highest BCUT2D eigenvalue weighted by molar-refractivity contribution is 3.90. The molecule has 0 aromatic heterocycles. The van der Waals surface area contributed by atoms with Crippen LogP contribution in [0.2, 0.25) is 0 Å². The first-order chi connectivity index (χ1) is 3.18. The molecule has 0 aromatic rings. The van der Waals surface area contributed by atoms with Crippen LogP contribution in [-0.4, -0.2) is 14.1 Å². The zero-order valence-corrected chi connectivity index (χ0v) is 4.41. The second-order valence-corrected chi connectivity index (χ2v) is 1.20. The summed E-state index contributed by atoms with van der Waals surface area (Å²) in [6.07, 6.45) is 0. The van der Waals surface area contributed by atoms with Crippen molar-refractivity contribution in [2.24, 2.45) is 0 Å². The molecule has 0 saturated carbocycles. The molecule has 0 radical (unpaired) electrons. The Morgan fingerprint density at radius 1 is 1.71 bits per heavy atom. The number of hydrogen-bond donors (Lipinski definition) is 3. The fraction of sp³-hybridized carbons (Fsp3) is 1.00. The monoisotopic (exact) mass is 106 g/mol. The minimum absolute atomic E-state index is 0.0440. The van der Waals surface area contributed by atoms with Gasteiger partial charge in [-0.15, -0.1) is 5.43 Å². The molecular formula is C2H10N4O. The van der Waals surface area contributed by atoms with Crippen molar-refractivity contribution in [1.29, 1.82) is 0 Å². The van der Waals surface area contributed by atoms with Gasteiger partial charge in [0.15, 0.2) is 0 Å². The summed E-state index contributed by atoms with van der Waals surface area (Å²) in [6.45, 7) is 0. The van der Waals surface area contributed by atoms with E-state index in [1.807, 2.05) is 0 Å². The van der Waals surface area contributed by atoms with Gasteiger partial charge in [0.1, 0.15) is 7.05 Å². The molecule has 0 rings (SSSR count). The summed E-state index contributed by atoms with van der Waals surface area (Å²) in [6, 6.07) is 0. The second kappa shape index (κ2) is 2.89. The first-order valence-electron chi connectivity index (χ1n) is 1.95. The van der Waals surface area contributed by atoms with E-state index in [0.29, 0.717) is 0 Å². The lowest BCUT2D eigenvalue weighted by atomic mass is 11.4. The first kappa shape index (κ1) is 6.80. The van der Waals surface area contributed by atoms with Gasteiger partial charge in [0.05, 0.1) is 0 Å². The fourth-order valence-corrected chi connectivity index (χ4v) is 0.188. The van der Waals surface area contributed by atoms with Crippen LogP contribution in [0.25, 0.3) is 5.84 Å². The highest BCUT2D eigenvalue weighted by Gasteiger charge is 1.87. The van der Waals surface area contributed by atoms with Crippen molar-refractivity contribution in [2.75, 3.05) is 14.1 Å². The summed E-state index contributed by atoms with van der Waals surface area (Å²) in [5, 5.41) is 9.90. The van der Waals surface area contributed by atoms with E-state index in [2.05, 4.69) is 5.43 Å². The summed E-state index contributed by atoms with van der Waals surface area (Å²) in [4.78, 5) is 0. The number of hydrogen-bond acceptors (Lipinski definition) is 2. The van der Waals surface area contributed by atoms with Crippen LogP contribution in [0.4, 0.5) is 0 Å². The normalized spacial score (nSPS) is 18.9. The average Bonchev–Trinajstić information content (AvgIpc) is 1.65. The van der Waals surface area contributed by atoms with Crippen LogP contribution in [0, 0.1) is 5.21 Å². The third kappa shape index (κ3) is 2.49. The van der Waals surface area contributed by atoms with Crippen molar-refractivity contribution in [3.8, 4) is 0 Å². The van der Waals surface area contributed by atoms with Gasteiger partial charge in [-0.3, -0.25) is 0 Å². The molecule has 44 valence electrons. The van der Waals surface area contributed by atoms with E-state index in [9.17, 15) is 5.21 Å². The summed E-state index contributed by atoms with van der Waals surface area (Å²) in [7, 11) is 2.94. The molecule has 5 heteroatoms. The number of nitrogens with one attached hydrogen (secondary N) is 4. The lowest BCUT2D eigenvalue weighted by molar-refractivity contribution is -1.47. The molecule has 0 fully saturated rings. The molecule has 0 bridgehead atoms. The maximum Gasteiger partial charge on any atom is 0.102 e. The topological polar surface area (TPSA) is 67.8 Å². The van der Waals surface area contributed by atoms with Gasteiger partial charge in [0.2, 0.25) is 0 Å². The molecule has 0 aliphatic carbocycles. The molecule has 2 atom stereocenters. The predicted molar refractivity (Wildman–Crippen MR) is 24.6 cm³/mol. The minimum atomic E-state index is -0.319. The molecule has 0 spiro atoms. The van der Waals surface area contributed by atoms with Crippen LogP contribution >= 0.6 is 0 Å². The third-order valence-electron chi connectivity index (χ3n) is 0.568. The van der Waals surface area contributed by atoms with Gasteiger partial charge in [-0.1, -0.05) is 0 Å². The van der Waals surface area contributed by atoms with Gasteiger partial charge in [0.25, 0.3) is 0 Å². The van der Waals surface area contributed by atoms with Crippen molar-refractivity contribution in [2.45, 2.75) is 0 Å². The van der Waals surface area contributed by atoms with Crippen LogP contribution in [0.5, 0.6) is 0 Å². The largest absolute Gasteiger partial charge is 0.564 e. The lowest BCUT2D eigenvalue weighted by Crippen LogP contribution is -3.56. The summed E-state index contributed by atoms with van der Waals surface area (Å²) in [5.74, 6) is 6.69. The zero-order chi connectivity index (χ0) is 5.86. The van der Waals surface area contributed by atoms with E-state index in [4.69, 9.17) is 5.84 Å². The van der Waals surface area contributed by atoms with E-state index in [0.717, 1.165) is 0 Å². The van der Waals surface area contributed by atoms with Crippen LogP contribution in [0.15, 0.2) is 0 Å². The molecule has 5 nitrogen and oxygen atoms in total. The summed E-state index contributed by atoms with van der Waals surface area (Å²) >= 11 is 0. The average molecular weight is 106 g/mol. The highest BCUT2D eigenvalue weighted by Crippen LogP contribution is 1.07. The Kier molecular flexibility index (Phi) is 2.81. The van der Waals surface area contributed by atoms with Crippen molar-refractivity contribution in [1.82, 2.24) is 5.43 Å². The summed E-state index contributed by atoms with van der Waals surface area (Å²) in [5.41, 5.74) is 2.30. The quantitative estimate of drug-likeness (QED) is 0.326. The van der Waals surface area contributed by atoms with Crippen LogP contribution in [0.3, 0.4) is 0 Å². The molecular weight excluding hydrogens is 96.0 g/mol. The molecule has 2 unspecified atom stereocenters. The first-order valence-corrected chi connectivity index (χ1v) is 1.95. The van der Waals surface area contributed by atoms with Crippen molar-refractivity contribution < 1.29 is 10.4 Å². The third-order valence-corrected chi connectivity index (χ3v) is 0.568. The predicted octanol–water partition coefficient (Wildman–Crippen LogP) is -3.10. The molecule has 0 aromatic carbocycles. The van der Waals surface area contributed by atoms with Crippen molar-refractivity contribution in [3.05, 3.63) is 11.0 Å². The SMILES string of the molecule is CN[NH+]([O-])[NH+](C)[NH-]. The van der Waals surface area contributed by atoms with Crippen molar-refractivity contribution >= 4 is 0 Å². The second-order valence-electron chi connectivity index (χ2n) is 1.20. The lowest BCUT2D eigenvalue weighted by Gasteiger charge is -2.26. The smallest absolute Gasteiger partial charge is 0.102 e. The Hall–Kier alpha value is -0.200. The van der Waals surface area contributed by atoms with Crippen LogP contribution < -0.4 is 15.8 Å². The van der Waals surface area contributed by atoms with Crippen molar-refractivity contribution in [3.63, 3.8) is 0 Å². The Bertz CT molecular complexity index is 47.0. The highest BCUT2D eigenvalue weighted by atomic mass is 16.6. The molecule has 7 heavy (non-hydrogen) atoms. The summed E-state index contributed by atoms with van der Waals surface area (Å²) < 4.78 is 0. The maximum atomic E-state index is 10.2. The van der Waals surface area contributed by atoms with Gasteiger partial charge in [0, 0.05) is 7.05 Å². The van der Waals surface area contributed by atoms with Gasteiger partial charge in [-0.25, -0.2) is 5.12 Å². The van der Waals surface area contributed by atoms with Gasteiger partial charge < -0.3 is 11.0 Å². The Morgan fingerprint density at radius 2 is 2.14 bits per heavy atom. The van der Waals surface area contributed by atoms with E-state index in [1.165, 1.54) is 14.1 Å². The minimum Gasteiger partial charge on any atom is -0.564 e. The Morgan fingerprint density at radius 3 is 2.14 bits per heavy atom. The van der Waals surface area contributed by atoms with E-state index >= 15 is 0 Å². The molecule has 0 aliphatic heterocycles. The van der Waals surface area contributed by atoms with Crippen LogP contribution in [-0.2, 0) is 0 Å². The molecule has 0 amide bonds. The van der Waals surface area contributed by atoms with E-state index in [-0.39, 0.29) is 10.4 Å². The van der Waals surface area contributed by atoms with Gasteiger partial charge in [-0.05, 0) is 0 Å². The zero-order valence-electron chi connectivity index (χ0n) is 4.41. The van der Waals surface area contributed by atoms with E-state index in [1.54, 1.807) is 0 Å². The Balaban J connectivity index is 3.14. The standard InChI is InChI=1S/C2H10N4O/c1-4-6(7)5(2)3/h3-6H,1-2H3. The number of quaternary nitrogens is 2. The molecule has 4 N–H and O–H groups in total. The fourth-order valence-electron chi connectivity index (χ4n) is 0.188. The number of rotatable bonds is 2. The van der Waals surface area contributed by atoms with Gasteiger partial charge in [-0.2, -0.15) is 5.28 Å². The van der Waals surface area contributed by atoms with Gasteiger partial charge >= 0.3 is 0 Å².